The van der Waals surface area contributed by atoms with Crippen LogP contribution in [0, 0.1) is 12.8 Å². The normalized spacial score (nSPS) is 14.3. The van der Waals surface area contributed by atoms with Gasteiger partial charge in [0.25, 0.3) is 11.8 Å². The maximum atomic E-state index is 13.0. The van der Waals surface area contributed by atoms with Gasteiger partial charge >= 0.3 is 0 Å². The number of nitrogens with one attached hydrogen (secondary N) is 1. The summed E-state index contributed by atoms with van der Waals surface area (Å²) < 4.78 is 5.30. The van der Waals surface area contributed by atoms with E-state index in [0.29, 0.717) is 52.8 Å². The molecule has 0 atom stereocenters. The lowest BCUT2D eigenvalue weighted by molar-refractivity contribution is 0.0680. The summed E-state index contributed by atoms with van der Waals surface area (Å²) in [6, 6.07) is 10.9. The molecule has 0 saturated carbocycles. The van der Waals surface area contributed by atoms with Gasteiger partial charge < -0.3 is 14.7 Å². The molecule has 2 amide bonds. The van der Waals surface area contributed by atoms with Gasteiger partial charge in [0, 0.05) is 31.4 Å². The van der Waals surface area contributed by atoms with Crippen molar-refractivity contribution in [1.82, 2.24) is 20.4 Å². The number of carbonyl (C=O) groups is 2. The van der Waals surface area contributed by atoms with Crippen LogP contribution in [0.2, 0.25) is 5.02 Å². The third kappa shape index (κ3) is 5.07. The fraction of sp³-hybridized carbons (Fsp3) is 0.333. The van der Waals surface area contributed by atoms with Crippen molar-refractivity contribution in [3.05, 3.63) is 64.5 Å². The number of aromatic nitrogens is 2. The lowest BCUT2D eigenvalue weighted by Gasteiger charge is -2.32. The predicted molar refractivity (Wildman–Crippen MR) is 129 cm³/mol. The van der Waals surface area contributed by atoms with Crippen LogP contribution in [-0.2, 0) is 0 Å². The number of likely N-dealkylation sites (tertiary alicyclic amines) is 1. The van der Waals surface area contributed by atoms with Gasteiger partial charge in [0.15, 0.2) is 0 Å². The molecule has 7 nitrogen and oxygen atoms in total. The molecule has 0 bridgehead atoms. The number of carbonyl (C=O) groups excluding carboxylic acids is 2. The van der Waals surface area contributed by atoms with Crippen molar-refractivity contribution in [3.63, 3.8) is 0 Å². The zero-order chi connectivity index (χ0) is 23.4. The number of amides is 2. The maximum absolute atomic E-state index is 13.0. The Balaban J connectivity index is 1.35. The van der Waals surface area contributed by atoms with Crippen molar-refractivity contribution in [2.24, 2.45) is 5.92 Å². The number of hydrogen-bond donors (Lipinski definition) is 1. The van der Waals surface area contributed by atoms with Crippen molar-refractivity contribution in [1.29, 1.82) is 0 Å². The highest BCUT2D eigenvalue weighted by Gasteiger charge is 2.27. The SMILES string of the molecule is CSc1ncccc1C(=O)N1CCC(CNC(=O)c2c(-c3ccccc3Cl)noc2C)CC1. The van der Waals surface area contributed by atoms with Gasteiger partial charge in [0.05, 0.1) is 10.6 Å². The highest BCUT2D eigenvalue weighted by Crippen LogP contribution is 2.31. The first-order valence-corrected chi connectivity index (χ1v) is 12.4. The summed E-state index contributed by atoms with van der Waals surface area (Å²) in [5, 5.41) is 8.34. The topological polar surface area (TPSA) is 88.3 Å². The number of benzene rings is 1. The van der Waals surface area contributed by atoms with Crippen LogP contribution in [0.3, 0.4) is 0 Å². The lowest BCUT2D eigenvalue weighted by Crippen LogP contribution is -2.41. The Labute approximate surface area is 201 Å². The Morgan fingerprint density at radius 2 is 1.97 bits per heavy atom. The van der Waals surface area contributed by atoms with Crippen LogP contribution < -0.4 is 5.32 Å². The molecule has 4 rings (SSSR count). The molecule has 0 aliphatic carbocycles. The fourth-order valence-corrected chi connectivity index (χ4v) is 4.80. The van der Waals surface area contributed by atoms with Gasteiger partial charge in [-0.3, -0.25) is 9.59 Å². The summed E-state index contributed by atoms with van der Waals surface area (Å²) in [4.78, 5) is 32.1. The van der Waals surface area contributed by atoms with E-state index in [1.165, 1.54) is 11.8 Å². The smallest absolute Gasteiger partial charge is 0.257 e. The van der Waals surface area contributed by atoms with Crippen LogP contribution in [0.25, 0.3) is 11.3 Å². The third-order valence-electron chi connectivity index (χ3n) is 5.87. The average Bonchev–Trinajstić information content (AvgIpc) is 3.23. The second kappa shape index (κ2) is 10.4. The third-order valence-corrected chi connectivity index (χ3v) is 6.91. The van der Waals surface area contributed by atoms with Crippen LogP contribution >= 0.6 is 23.4 Å². The number of thioether (sulfide) groups is 1. The quantitative estimate of drug-likeness (QED) is 0.510. The highest BCUT2D eigenvalue weighted by molar-refractivity contribution is 7.98. The van der Waals surface area contributed by atoms with Crippen LogP contribution in [0.5, 0.6) is 0 Å². The summed E-state index contributed by atoms with van der Waals surface area (Å²) >= 11 is 7.77. The zero-order valence-electron chi connectivity index (χ0n) is 18.5. The molecule has 0 spiro atoms. The van der Waals surface area contributed by atoms with Gasteiger partial charge in [0.1, 0.15) is 22.0 Å². The van der Waals surface area contributed by atoms with E-state index in [4.69, 9.17) is 16.1 Å². The Bertz CT molecular complexity index is 1160. The van der Waals surface area contributed by atoms with Crippen molar-refractivity contribution in [3.8, 4) is 11.3 Å². The van der Waals surface area contributed by atoms with Gasteiger partial charge in [-0.2, -0.15) is 0 Å². The van der Waals surface area contributed by atoms with E-state index in [1.807, 2.05) is 35.4 Å². The minimum atomic E-state index is -0.234. The lowest BCUT2D eigenvalue weighted by atomic mass is 9.96. The zero-order valence-corrected chi connectivity index (χ0v) is 20.1. The Hall–Kier alpha value is -2.84. The number of pyridine rings is 1. The second-order valence-corrected chi connectivity index (χ2v) is 9.15. The van der Waals surface area contributed by atoms with Crippen LogP contribution in [0.15, 0.2) is 52.1 Å². The summed E-state index contributed by atoms with van der Waals surface area (Å²) in [7, 11) is 0. The van der Waals surface area contributed by atoms with Gasteiger partial charge in [-0.15, -0.1) is 11.8 Å². The number of rotatable bonds is 6. The first-order valence-electron chi connectivity index (χ1n) is 10.8. The van der Waals surface area contributed by atoms with Crippen molar-refractivity contribution in [2.75, 3.05) is 25.9 Å². The number of nitrogens with zero attached hydrogens (tertiary/aromatic N) is 3. The molecule has 9 heteroatoms. The van der Waals surface area contributed by atoms with Crippen molar-refractivity contribution < 1.29 is 14.1 Å². The largest absolute Gasteiger partial charge is 0.360 e. The van der Waals surface area contributed by atoms with E-state index in [2.05, 4.69) is 15.5 Å². The van der Waals surface area contributed by atoms with E-state index in [9.17, 15) is 9.59 Å². The molecule has 1 saturated heterocycles. The number of aryl methyl sites for hydroxylation is 1. The molecule has 172 valence electrons. The summed E-state index contributed by atoms with van der Waals surface area (Å²) in [6.07, 6.45) is 5.26. The molecule has 1 fully saturated rings. The van der Waals surface area contributed by atoms with E-state index in [1.54, 1.807) is 25.3 Å². The summed E-state index contributed by atoms with van der Waals surface area (Å²) in [5.74, 6) is 0.515. The van der Waals surface area contributed by atoms with Crippen molar-refractivity contribution >= 4 is 35.2 Å². The van der Waals surface area contributed by atoms with Crippen molar-refractivity contribution in [2.45, 2.75) is 24.8 Å². The van der Waals surface area contributed by atoms with E-state index in [0.717, 1.165) is 17.9 Å². The molecular weight excluding hydrogens is 460 g/mol. The molecule has 2 aromatic heterocycles. The molecule has 1 aromatic carbocycles. The first-order chi connectivity index (χ1) is 16.0. The number of hydrogen-bond acceptors (Lipinski definition) is 6. The van der Waals surface area contributed by atoms with Gasteiger partial charge in [-0.1, -0.05) is 35.0 Å². The molecule has 0 unspecified atom stereocenters. The first kappa shape index (κ1) is 23.3. The highest BCUT2D eigenvalue weighted by atomic mass is 35.5. The Morgan fingerprint density at radius 1 is 1.21 bits per heavy atom. The molecule has 1 aliphatic heterocycles. The molecule has 1 N–H and O–H groups in total. The predicted octanol–water partition coefficient (Wildman–Crippen LogP) is 4.70. The van der Waals surface area contributed by atoms with E-state index < -0.39 is 0 Å². The Kier molecular flexibility index (Phi) is 7.35. The van der Waals surface area contributed by atoms with Gasteiger partial charge in [0.2, 0.25) is 0 Å². The van der Waals surface area contributed by atoms with E-state index in [-0.39, 0.29) is 17.7 Å². The van der Waals surface area contributed by atoms with Gasteiger partial charge in [-0.25, -0.2) is 4.98 Å². The molecule has 1 aliphatic rings. The van der Waals surface area contributed by atoms with Crippen LogP contribution in [-0.4, -0.2) is 52.7 Å². The maximum Gasteiger partial charge on any atom is 0.257 e. The molecule has 3 aromatic rings. The second-order valence-electron chi connectivity index (χ2n) is 7.95. The molecule has 33 heavy (non-hydrogen) atoms. The molecular formula is C24H25ClN4O3S. The minimum absolute atomic E-state index is 0.0133. The summed E-state index contributed by atoms with van der Waals surface area (Å²) in [6.45, 7) is 3.54. The summed E-state index contributed by atoms with van der Waals surface area (Å²) in [5.41, 5.74) is 2.15. The minimum Gasteiger partial charge on any atom is -0.360 e. The monoisotopic (exact) mass is 484 g/mol. The van der Waals surface area contributed by atoms with Crippen LogP contribution in [0.4, 0.5) is 0 Å². The molecule has 3 heterocycles. The average molecular weight is 485 g/mol. The number of piperidine rings is 1. The van der Waals surface area contributed by atoms with Crippen LogP contribution in [0.1, 0.15) is 39.3 Å². The fourth-order valence-electron chi connectivity index (χ4n) is 4.03. The standard InChI is InChI=1S/C24H25ClN4O3S/c1-15-20(21(28-32-15)17-6-3-4-8-19(17)25)22(30)27-14-16-9-12-29(13-10-16)24(31)18-7-5-11-26-23(18)33-2/h3-8,11,16H,9-10,12-14H2,1-2H3,(H,27,30). The Morgan fingerprint density at radius 3 is 2.70 bits per heavy atom. The molecule has 0 radical (unpaired) electrons. The van der Waals surface area contributed by atoms with Gasteiger partial charge in [-0.05, 0) is 50.1 Å². The van der Waals surface area contributed by atoms with E-state index >= 15 is 0 Å². The number of halogens is 1.